The van der Waals surface area contributed by atoms with Gasteiger partial charge in [0.25, 0.3) is 0 Å². The number of allylic oxidation sites excluding steroid dienone is 5. The third-order valence-corrected chi connectivity index (χ3v) is 9.51. The third kappa shape index (κ3) is 5.56. The summed E-state index contributed by atoms with van der Waals surface area (Å²) in [5, 5.41) is 20.7. The predicted octanol–water partition coefficient (Wildman–Crippen LogP) is 7.51. The lowest BCUT2D eigenvalue weighted by atomic mass is 9.62. The molecule has 1 saturated carbocycles. The lowest BCUT2D eigenvalue weighted by molar-refractivity contribution is 0.0181. The average molecular weight is 429 g/mol. The zero-order chi connectivity index (χ0) is 22.6. The van der Waals surface area contributed by atoms with E-state index in [9.17, 15) is 10.2 Å². The van der Waals surface area contributed by atoms with Crippen LogP contribution in [0.5, 0.6) is 0 Å². The highest BCUT2D eigenvalue weighted by atomic mass is 16.3. The number of hydrogen-bond donors (Lipinski definition) is 2. The summed E-state index contributed by atoms with van der Waals surface area (Å²) in [7, 11) is 0. The lowest BCUT2D eigenvalue weighted by Gasteiger charge is -2.43. The first-order valence-electron chi connectivity index (χ1n) is 13.2. The minimum Gasteiger partial charge on any atom is -0.393 e. The molecule has 0 aromatic carbocycles. The molecule has 2 nitrogen and oxygen atoms in total. The fraction of sp³-hybridized carbons (Fsp3) is 0.793. The van der Waals surface area contributed by atoms with E-state index in [-0.39, 0.29) is 6.10 Å². The van der Waals surface area contributed by atoms with Gasteiger partial charge in [-0.2, -0.15) is 0 Å². The molecule has 5 atom stereocenters. The van der Waals surface area contributed by atoms with Crippen LogP contribution in [0.25, 0.3) is 0 Å². The first-order valence-corrected chi connectivity index (χ1v) is 13.2. The molecule has 0 aromatic heterocycles. The summed E-state index contributed by atoms with van der Waals surface area (Å²) in [4.78, 5) is 0. The summed E-state index contributed by atoms with van der Waals surface area (Å²) in [5.74, 6) is 2.21. The van der Waals surface area contributed by atoms with Crippen LogP contribution >= 0.6 is 0 Å². The topological polar surface area (TPSA) is 40.5 Å². The Morgan fingerprint density at radius 2 is 1.94 bits per heavy atom. The van der Waals surface area contributed by atoms with E-state index in [1.165, 1.54) is 43.3 Å². The summed E-state index contributed by atoms with van der Waals surface area (Å²) in [6.07, 6.45) is 20.1. The number of hydrogen-bond acceptors (Lipinski definition) is 2. The summed E-state index contributed by atoms with van der Waals surface area (Å²) in [6, 6.07) is 0. The van der Waals surface area contributed by atoms with E-state index in [1.54, 1.807) is 5.57 Å². The van der Waals surface area contributed by atoms with Crippen LogP contribution < -0.4 is 0 Å². The van der Waals surface area contributed by atoms with Crippen molar-refractivity contribution in [1.29, 1.82) is 0 Å². The van der Waals surface area contributed by atoms with Gasteiger partial charge in [0.05, 0.1) is 11.7 Å². The summed E-state index contributed by atoms with van der Waals surface area (Å²) in [6.45, 7) is 11.5. The van der Waals surface area contributed by atoms with Crippen LogP contribution in [0, 0.1) is 23.2 Å². The zero-order valence-corrected chi connectivity index (χ0v) is 20.9. The van der Waals surface area contributed by atoms with Crippen molar-refractivity contribution in [3.8, 4) is 0 Å². The molecule has 0 amide bonds. The second kappa shape index (κ2) is 10.4. The SMILES string of the molecule is CCC(O)(CC)CCCC(C)[C@H]1CC[C@H]2C(/C=C\C3=C(C)CC[C@H](O)C3)=CCC[C@]12C. The number of aliphatic hydroxyl groups excluding tert-OH is 1. The van der Waals surface area contributed by atoms with Crippen molar-refractivity contribution < 1.29 is 10.2 Å². The first kappa shape index (κ1) is 24.8. The fourth-order valence-electron chi connectivity index (χ4n) is 7.02. The summed E-state index contributed by atoms with van der Waals surface area (Å²) >= 11 is 0. The molecule has 0 aliphatic heterocycles. The van der Waals surface area contributed by atoms with Crippen LogP contribution in [0.15, 0.2) is 34.9 Å². The first-order chi connectivity index (χ1) is 14.7. The van der Waals surface area contributed by atoms with Crippen LogP contribution in [0.3, 0.4) is 0 Å². The summed E-state index contributed by atoms with van der Waals surface area (Å²) in [5.41, 5.74) is 4.32. The van der Waals surface area contributed by atoms with Crippen LogP contribution in [-0.4, -0.2) is 21.9 Å². The van der Waals surface area contributed by atoms with Crippen molar-refractivity contribution in [1.82, 2.24) is 0 Å². The van der Waals surface area contributed by atoms with Crippen molar-refractivity contribution in [2.45, 2.75) is 123 Å². The molecule has 0 heterocycles. The van der Waals surface area contributed by atoms with Crippen LogP contribution in [-0.2, 0) is 0 Å². The number of rotatable bonds is 9. The van der Waals surface area contributed by atoms with Crippen molar-refractivity contribution >= 4 is 0 Å². The Morgan fingerprint density at radius 3 is 2.65 bits per heavy atom. The Kier molecular flexibility index (Phi) is 8.30. The molecule has 2 heteroatoms. The second-order valence-electron chi connectivity index (χ2n) is 11.3. The molecule has 0 bridgehead atoms. The zero-order valence-electron chi connectivity index (χ0n) is 20.9. The minimum atomic E-state index is -0.452. The Bertz CT molecular complexity index is 696. The van der Waals surface area contributed by atoms with E-state index < -0.39 is 5.60 Å². The van der Waals surface area contributed by atoms with Crippen LogP contribution in [0.4, 0.5) is 0 Å². The molecule has 176 valence electrons. The normalized spacial score (nSPS) is 33.0. The summed E-state index contributed by atoms with van der Waals surface area (Å²) < 4.78 is 0. The Labute approximate surface area is 191 Å². The molecule has 0 aromatic rings. The number of aliphatic hydroxyl groups is 2. The molecular weight excluding hydrogens is 380 g/mol. The van der Waals surface area contributed by atoms with E-state index in [0.29, 0.717) is 11.3 Å². The Hall–Kier alpha value is -0.860. The van der Waals surface area contributed by atoms with Gasteiger partial charge in [0.1, 0.15) is 0 Å². The molecule has 2 N–H and O–H groups in total. The molecule has 3 aliphatic rings. The molecule has 0 spiro atoms. The number of fused-ring (bicyclic) bond motifs is 1. The Balaban J connectivity index is 1.63. The van der Waals surface area contributed by atoms with Gasteiger partial charge in [0.2, 0.25) is 0 Å². The van der Waals surface area contributed by atoms with Crippen LogP contribution in [0.1, 0.15) is 112 Å². The fourth-order valence-corrected chi connectivity index (χ4v) is 7.02. The van der Waals surface area contributed by atoms with E-state index >= 15 is 0 Å². The lowest BCUT2D eigenvalue weighted by Crippen LogP contribution is -2.35. The quantitative estimate of drug-likeness (QED) is 0.399. The smallest absolute Gasteiger partial charge is 0.0642 e. The van der Waals surface area contributed by atoms with Gasteiger partial charge in [-0.25, -0.2) is 0 Å². The van der Waals surface area contributed by atoms with Crippen molar-refractivity contribution in [3.05, 3.63) is 34.9 Å². The molecule has 1 fully saturated rings. The van der Waals surface area contributed by atoms with Crippen molar-refractivity contribution in [2.75, 3.05) is 0 Å². The van der Waals surface area contributed by atoms with Gasteiger partial charge < -0.3 is 10.2 Å². The van der Waals surface area contributed by atoms with E-state index in [2.05, 4.69) is 52.8 Å². The van der Waals surface area contributed by atoms with Gasteiger partial charge >= 0.3 is 0 Å². The second-order valence-corrected chi connectivity index (χ2v) is 11.3. The van der Waals surface area contributed by atoms with E-state index in [4.69, 9.17) is 0 Å². The highest BCUT2D eigenvalue weighted by Crippen LogP contribution is 2.58. The highest BCUT2D eigenvalue weighted by Gasteiger charge is 2.49. The van der Waals surface area contributed by atoms with Gasteiger partial charge in [0.15, 0.2) is 0 Å². The maximum absolute atomic E-state index is 10.6. The third-order valence-electron chi connectivity index (χ3n) is 9.51. The molecule has 0 radical (unpaired) electrons. The molecule has 3 aliphatic carbocycles. The molecule has 3 rings (SSSR count). The van der Waals surface area contributed by atoms with Gasteiger partial charge in [-0.1, -0.05) is 64.3 Å². The standard InChI is InChI=1S/C29H48O2/c1-6-29(31,7-2)19-8-10-22(4)26-16-17-27-23(11-9-18-28(26,27)5)13-14-24-20-25(30)15-12-21(24)3/h11,13-14,22,25-27,30-31H,6-10,12,15-20H2,1-5H3/b14-13-/t22?,25-,26+,27-,28+/m0/s1. The van der Waals surface area contributed by atoms with Gasteiger partial charge in [-0.05, 0) is 105 Å². The minimum absolute atomic E-state index is 0.163. The van der Waals surface area contributed by atoms with Gasteiger partial charge in [-0.15, -0.1) is 0 Å². The Morgan fingerprint density at radius 1 is 1.19 bits per heavy atom. The molecular formula is C29H48O2. The van der Waals surface area contributed by atoms with Crippen molar-refractivity contribution in [2.24, 2.45) is 23.2 Å². The maximum atomic E-state index is 10.6. The predicted molar refractivity (Wildman–Crippen MR) is 132 cm³/mol. The van der Waals surface area contributed by atoms with Crippen molar-refractivity contribution in [3.63, 3.8) is 0 Å². The van der Waals surface area contributed by atoms with Gasteiger partial charge in [-0.3, -0.25) is 0 Å². The average Bonchev–Trinajstić information content (AvgIpc) is 3.11. The van der Waals surface area contributed by atoms with Crippen LogP contribution in [0.2, 0.25) is 0 Å². The van der Waals surface area contributed by atoms with Gasteiger partial charge in [0, 0.05) is 0 Å². The maximum Gasteiger partial charge on any atom is 0.0642 e. The van der Waals surface area contributed by atoms with E-state index in [0.717, 1.165) is 56.8 Å². The van der Waals surface area contributed by atoms with E-state index in [1.807, 2.05) is 0 Å². The monoisotopic (exact) mass is 428 g/mol. The molecule has 1 unspecified atom stereocenters. The highest BCUT2D eigenvalue weighted by molar-refractivity contribution is 5.36. The largest absolute Gasteiger partial charge is 0.393 e. The molecule has 31 heavy (non-hydrogen) atoms. The molecule has 0 saturated heterocycles.